The van der Waals surface area contributed by atoms with E-state index in [0.29, 0.717) is 5.56 Å². The van der Waals surface area contributed by atoms with Gasteiger partial charge in [-0.05, 0) is 18.6 Å². The molecule has 2 aromatic rings. The van der Waals surface area contributed by atoms with Crippen molar-refractivity contribution in [1.82, 2.24) is 4.98 Å². The largest absolute Gasteiger partial charge is 0.494 e. The number of aromatic nitrogens is 1. The number of unbranched alkanes of at least 4 members (excludes halogenated alkanes) is 3. The molecule has 3 heteroatoms. The monoisotopic (exact) mass is 245 g/mol. The SMILES string of the molecule is CCCCCCOc1ccc2c(C=O)c[nH]c2c1. The van der Waals surface area contributed by atoms with E-state index in [1.807, 2.05) is 18.2 Å². The number of rotatable bonds is 7. The van der Waals surface area contributed by atoms with E-state index in [1.165, 1.54) is 19.3 Å². The van der Waals surface area contributed by atoms with Gasteiger partial charge in [-0.1, -0.05) is 26.2 Å². The van der Waals surface area contributed by atoms with Crippen molar-refractivity contribution in [3.8, 4) is 5.75 Å². The van der Waals surface area contributed by atoms with Gasteiger partial charge in [-0.2, -0.15) is 0 Å². The topological polar surface area (TPSA) is 42.1 Å². The van der Waals surface area contributed by atoms with Crippen LogP contribution in [-0.2, 0) is 0 Å². The molecule has 0 amide bonds. The normalized spacial score (nSPS) is 10.7. The molecule has 2 rings (SSSR count). The summed E-state index contributed by atoms with van der Waals surface area (Å²) in [5, 5.41) is 0.948. The second kappa shape index (κ2) is 6.24. The van der Waals surface area contributed by atoms with Crippen LogP contribution in [0.1, 0.15) is 43.0 Å². The zero-order chi connectivity index (χ0) is 12.8. The number of fused-ring (bicyclic) bond motifs is 1. The van der Waals surface area contributed by atoms with Crippen molar-refractivity contribution in [3.05, 3.63) is 30.0 Å². The Hall–Kier alpha value is -1.77. The lowest BCUT2D eigenvalue weighted by Crippen LogP contribution is -1.96. The summed E-state index contributed by atoms with van der Waals surface area (Å²) in [6, 6.07) is 5.79. The summed E-state index contributed by atoms with van der Waals surface area (Å²) < 4.78 is 5.70. The number of hydrogen-bond acceptors (Lipinski definition) is 2. The molecule has 0 radical (unpaired) electrons. The highest BCUT2D eigenvalue weighted by Gasteiger charge is 2.03. The molecular formula is C15H19NO2. The Labute approximate surface area is 107 Å². The minimum atomic E-state index is 0.694. The third-order valence-corrected chi connectivity index (χ3v) is 3.08. The molecule has 0 aliphatic heterocycles. The number of aldehydes is 1. The molecule has 0 unspecified atom stereocenters. The van der Waals surface area contributed by atoms with Gasteiger partial charge in [0.25, 0.3) is 0 Å². The van der Waals surface area contributed by atoms with Gasteiger partial charge < -0.3 is 9.72 Å². The minimum absolute atomic E-state index is 0.694. The Bertz CT molecular complexity index is 516. The van der Waals surface area contributed by atoms with Gasteiger partial charge in [0.2, 0.25) is 0 Å². The predicted octanol–water partition coefficient (Wildman–Crippen LogP) is 3.94. The maximum absolute atomic E-state index is 10.8. The number of benzene rings is 1. The summed E-state index contributed by atoms with van der Waals surface area (Å²) in [6.45, 7) is 2.96. The lowest BCUT2D eigenvalue weighted by Gasteiger charge is -2.05. The molecule has 0 aliphatic carbocycles. The first-order valence-electron chi connectivity index (χ1n) is 6.54. The van der Waals surface area contributed by atoms with Gasteiger partial charge in [-0.15, -0.1) is 0 Å². The van der Waals surface area contributed by atoms with Gasteiger partial charge >= 0.3 is 0 Å². The molecule has 18 heavy (non-hydrogen) atoms. The fourth-order valence-electron chi connectivity index (χ4n) is 2.03. The maximum atomic E-state index is 10.8. The number of ether oxygens (including phenoxy) is 1. The molecule has 1 heterocycles. The first-order valence-corrected chi connectivity index (χ1v) is 6.54. The third-order valence-electron chi connectivity index (χ3n) is 3.08. The fourth-order valence-corrected chi connectivity index (χ4v) is 2.03. The number of aromatic amines is 1. The van der Waals surface area contributed by atoms with Gasteiger partial charge in [-0.25, -0.2) is 0 Å². The van der Waals surface area contributed by atoms with Crippen LogP contribution < -0.4 is 4.74 Å². The number of hydrogen-bond donors (Lipinski definition) is 1. The molecule has 1 N–H and O–H groups in total. The molecule has 96 valence electrons. The molecule has 1 aromatic carbocycles. The molecular weight excluding hydrogens is 226 g/mol. The predicted molar refractivity (Wildman–Crippen MR) is 73.3 cm³/mol. The standard InChI is InChI=1S/C15H19NO2/c1-2-3-4-5-8-18-13-6-7-14-12(11-17)10-16-15(14)9-13/h6-7,9-11,16H,2-5,8H2,1H3. The maximum Gasteiger partial charge on any atom is 0.152 e. The lowest BCUT2D eigenvalue weighted by atomic mass is 10.2. The Kier molecular flexibility index (Phi) is 4.40. The molecule has 1 aromatic heterocycles. The first kappa shape index (κ1) is 12.7. The summed E-state index contributed by atoms with van der Waals surface area (Å²) in [4.78, 5) is 13.9. The van der Waals surface area contributed by atoms with Crippen LogP contribution >= 0.6 is 0 Å². The van der Waals surface area contributed by atoms with E-state index in [0.717, 1.165) is 36.0 Å². The highest BCUT2D eigenvalue weighted by molar-refractivity contribution is 5.97. The molecule has 0 bridgehead atoms. The van der Waals surface area contributed by atoms with Crippen LogP contribution in [0.5, 0.6) is 5.75 Å². The third kappa shape index (κ3) is 2.92. The molecule has 0 spiro atoms. The van der Waals surface area contributed by atoms with Crippen LogP contribution in [-0.4, -0.2) is 17.9 Å². The molecule has 3 nitrogen and oxygen atoms in total. The van der Waals surface area contributed by atoms with E-state index in [1.54, 1.807) is 6.20 Å². The quantitative estimate of drug-likeness (QED) is 0.593. The van der Waals surface area contributed by atoms with Crippen LogP contribution in [0.25, 0.3) is 10.9 Å². The van der Waals surface area contributed by atoms with Crippen molar-refractivity contribution in [2.45, 2.75) is 32.6 Å². The van der Waals surface area contributed by atoms with Gasteiger partial charge in [0.1, 0.15) is 5.75 Å². The number of carbonyl (C=O) groups is 1. The Morgan fingerprint density at radius 3 is 2.94 bits per heavy atom. The second-order valence-electron chi connectivity index (χ2n) is 4.48. The van der Waals surface area contributed by atoms with Crippen LogP contribution in [0.2, 0.25) is 0 Å². The van der Waals surface area contributed by atoms with Crippen molar-refractivity contribution in [3.63, 3.8) is 0 Å². The number of nitrogens with one attached hydrogen (secondary N) is 1. The van der Waals surface area contributed by atoms with Crippen LogP contribution in [0.15, 0.2) is 24.4 Å². The molecule has 0 saturated carbocycles. The van der Waals surface area contributed by atoms with Crippen molar-refractivity contribution in [2.24, 2.45) is 0 Å². The molecule has 0 aliphatic rings. The fraction of sp³-hybridized carbons (Fsp3) is 0.400. The Morgan fingerprint density at radius 2 is 2.17 bits per heavy atom. The average molecular weight is 245 g/mol. The minimum Gasteiger partial charge on any atom is -0.494 e. The van der Waals surface area contributed by atoms with Crippen LogP contribution in [0.4, 0.5) is 0 Å². The lowest BCUT2D eigenvalue weighted by molar-refractivity contribution is 0.112. The zero-order valence-corrected chi connectivity index (χ0v) is 10.7. The van der Waals surface area contributed by atoms with Gasteiger partial charge in [-0.3, -0.25) is 4.79 Å². The van der Waals surface area contributed by atoms with Crippen molar-refractivity contribution < 1.29 is 9.53 Å². The molecule has 0 atom stereocenters. The van der Waals surface area contributed by atoms with Gasteiger partial charge in [0.05, 0.1) is 6.61 Å². The van der Waals surface area contributed by atoms with Crippen molar-refractivity contribution >= 4 is 17.2 Å². The summed E-state index contributed by atoms with van der Waals surface area (Å²) in [6.07, 6.45) is 7.41. The van der Waals surface area contributed by atoms with Crippen LogP contribution in [0, 0.1) is 0 Å². The molecule has 0 saturated heterocycles. The summed E-state index contributed by atoms with van der Waals surface area (Å²) in [7, 11) is 0. The molecule has 0 fully saturated rings. The van der Waals surface area contributed by atoms with E-state index in [9.17, 15) is 4.79 Å². The summed E-state index contributed by atoms with van der Waals surface area (Å²) >= 11 is 0. The van der Waals surface area contributed by atoms with Gasteiger partial charge in [0, 0.05) is 28.7 Å². The van der Waals surface area contributed by atoms with E-state index < -0.39 is 0 Å². The van der Waals surface area contributed by atoms with E-state index >= 15 is 0 Å². The van der Waals surface area contributed by atoms with Crippen molar-refractivity contribution in [1.29, 1.82) is 0 Å². The summed E-state index contributed by atoms with van der Waals surface area (Å²) in [5.41, 5.74) is 1.64. The average Bonchev–Trinajstić information content (AvgIpc) is 2.80. The van der Waals surface area contributed by atoms with Crippen LogP contribution in [0.3, 0.4) is 0 Å². The first-order chi connectivity index (χ1) is 8.85. The smallest absolute Gasteiger partial charge is 0.152 e. The second-order valence-corrected chi connectivity index (χ2v) is 4.48. The van der Waals surface area contributed by atoms with E-state index in [4.69, 9.17) is 4.74 Å². The summed E-state index contributed by atoms with van der Waals surface area (Å²) in [5.74, 6) is 0.860. The highest BCUT2D eigenvalue weighted by Crippen LogP contribution is 2.22. The van der Waals surface area contributed by atoms with E-state index in [2.05, 4.69) is 11.9 Å². The zero-order valence-electron chi connectivity index (χ0n) is 10.7. The van der Waals surface area contributed by atoms with Crippen molar-refractivity contribution in [2.75, 3.05) is 6.61 Å². The Morgan fingerprint density at radius 1 is 1.28 bits per heavy atom. The van der Waals surface area contributed by atoms with Gasteiger partial charge in [0.15, 0.2) is 6.29 Å². The number of carbonyl (C=O) groups excluding carboxylic acids is 1. The number of H-pyrrole nitrogens is 1. The Balaban J connectivity index is 1.96. The highest BCUT2D eigenvalue weighted by atomic mass is 16.5. The van der Waals surface area contributed by atoms with E-state index in [-0.39, 0.29) is 0 Å².